The molecule has 0 bridgehead atoms. The van der Waals surface area contributed by atoms with E-state index in [1.807, 2.05) is 42.5 Å². The zero-order chi connectivity index (χ0) is 20.9. The Hall–Kier alpha value is -2.26. The fourth-order valence-electron chi connectivity index (χ4n) is 3.58. The minimum atomic E-state index is -0.508. The van der Waals surface area contributed by atoms with E-state index >= 15 is 0 Å². The van der Waals surface area contributed by atoms with Gasteiger partial charge in [0, 0.05) is 41.5 Å². The van der Waals surface area contributed by atoms with Gasteiger partial charge < -0.3 is 21.9 Å². The largest absolute Gasteiger partial charge is 1.00 e. The van der Waals surface area contributed by atoms with E-state index in [4.69, 9.17) is 9.47 Å². The summed E-state index contributed by atoms with van der Waals surface area (Å²) in [5.41, 5.74) is 2.24. The Morgan fingerprint density at radius 2 is 1.84 bits per heavy atom. The van der Waals surface area contributed by atoms with Gasteiger partial charge in [0.15, 0.2) is 0 Å². The van der Waals surface area contributed by atoms with Crippen molar-refractivity contribution in [2.45, 2.75) is 23.1 Å². The first-order chi connectivity index (χ1) is 14.7. The lowest BCUT2D eigenvalue weighted by molar-refractivity contribution is -0.118. The predicted molar refractivity (Wildman–Crippen MR) is 117 cm³/mol. The van der Waals surface area contributed by atoms with Crippen LogP contribution < -0.4 is 22.6 Å². The second-order valence-corrected chi connectivity index (χ2v) is 8.11. The number of hydrogen-bond acceptors (Lipinski definition) is 6. The molecule has 7 nitrogen and oxygen atoms in total. The van der Waals surface area contributed by atoms with Crippen molar-refractivity contribution in [3.8, 4) is 0 Å². The lowest BCUT2D eigenvalue weighted by Crippen LogP contribution is -3.00. The molecule has 9 heteroatoms. The third kappa shape index (κ3) is 5.51. The third-order valence-electron chi connectivity index (χ3n) is 5.04. The number of ether oxygens (including phenoxy) is 2. The Kier molecular flexibility index (Phi) is 8.20. The van der Waals surface area contributed by atoms with Crippen molar-refractivity contribution in [1.29, 1.82) is 0 Å². The monoisotopic (exact) mass is 462 g/mol. The lowest BCUT2D eigenvalue weighted by Gasteiger charge is -2.32. The first kappa shape index (κ1) is 23.4. The van der Waals surface area contributed by atoms with Crippen LogP contribution in [0.5, 0.6) is 0 Å². The maximum Gasteiger partial charge on any atom is 0.411 e. The van der Waals surface area contributed by atoms with Crippen LogP contribution in [0, 0.1) is 0 Å². The van der Waals surface area contributed by atoms with Crippen molar-refractivity contribution in [3.63, 3.8) is 0 Å². The quantitative estimate of drug-likeness (QED) is 0.717. The highest BCUT2D eigenvalue weighted by molar-refractivity contribution is 7.99. The van der Waals surface area contributed by atoms with Crippen LogP contribution in [-0.4, -0.2) is 56.4 Å². The van der Waals surface area contributed by atoms with Crippen LogP contribution in [0.3, 0.4) is 0 Å². The molecule has 0 radical (unpaired) electrons. The van der Waals surface area contributed by atoms with Gasteiger partial charge in [-0.05, 0) is 37.3 Å². The van der Waals surface area contributed by atoms with E-state index in [2.05, 4.69) is 10.2 Å². The van der Waals surface area contributed by atoms with Crippen molar-refractivity contribution < 1.29 is 31.5 Å². The SMILES string of the molecule is CCOC(=O)Nc1ccc2c(c1)N(C(=O)CCN1CCOCC1)c1ccccc1S2.[Cl-]. The van der Waals surface area contributed by atoms with Crippen LogP contribution in [0.15, 0.2) is 52.3 Å². The third-order valence-corrected chi connectivity index (χ3v) is 6.17. The lowest BCUT2D eigenvalue weighted by atomic mass is 10.2. The summed E-state index contributed by atoms with van der Waals surface area (Å²) >= 11 is 1.62. The molecule has 0 atom stereocenters. The van der Waals surface area contributed by atoms with Gasteiger partial charge >= 0.3 is 6.09 Å². The zero-order valence-corrected chi connectivity index (χ0v) is 18.9. The van der Waals surface area contributed by atoms with E-state index in [0.717, 1.165) is 34.3 Å². The Balaban J connectivity index is 0.00000272. The van der Waals surface area contributed by atoms with Gasteiger partial charge in [-0.2, -0.15) is 0 Å². The molecular weight excluding hydrogens is 438 g/mol. The van der Waals surface area contributed by atoms with E-state index in [9.17, 15) is 9.59 Å². The average molecular weight is 463 g/mol. The van der Waals surface area contributed by atoms with Crippen molar-refractivity contribution >= 4 is 40.8 Å². The van der Waals surface area contributed by atoms with Crippen LogP contribution in [0.2, 0.25) is 0 Å². The molecule has 2 heterocycles. The number of fused-ring (bicyclic) bond motifs is 2. The van der Waals surface area contributed by atoms with Crippen molar-refractivity contribution in [1.82, 2.24) is 4.90 Å². The molecular formula is C22H25ClN3O4S-. The maximum atomic E-state index is 13.3. The molecule has 0 saturated carbocycles. The van der Waals surface area contributed by atoms with Gasteiger partial charge in [0.25, 0.3) is 0 Å². The van der Waals surface area contributed by atoms with Gasteiger partial charge in [-0.1, -0.05) is 23.9 Å². The van der Waals surface area contributed by atoms with E-state index in [1.165, 1.54) is 0 Å². The Morgan fingerprint density at radius 1 is 1.10 bits per heavy atom. The molecule has 2 amide bonds. The number of hydrogen-bond donors (Lipinski definition) is 1. The first-order valence-corrected chi connectivity index (χ1v) is 10.9. The molecule has 2 aromatic carbocycles. The number of amides is 2. The molecule has 0 aliphatic carbocycles. The van der Waals surface area contributed by atoms with E-state index in [-0.39, 0.29) is 18.3 Å². The summed E-state index contributed by atoms with van der Waals surface area (Å²) in [7, 11) is 0. The van der Waals surface area contributed by atoms with E-state index < -0.39 is 6.09 Å². The summed E-state index contributed by atoms with van der Waals surface area (Å²) in [6.07, 6.45) is -0.0972. The second-order valence-electron chi connectivity index (χ2n) is 7.03. The molecule has 166 valence electrons. The molecule has 0 unspecified atom stereocenters. The summed E-state index contributed by atoms with van der Waals surface area (Å²) in [6.45, 7) is 5.88. The molecule has 2 aliphatic rings. The standard InChI is InChI=1S/C22H25N3O4S.ClH/c1-2-29-22(27)23-16-7-8-20-18(15-16)25(17-5-3-4-6-19(17)30-20)21(26)9-10-24-11-13-28-14-12-24;/h3-8,15H,2,9-14H2,1H3,(H,23,27);1H/p-1. The first-order valence-electron chi connectivity index (χ1n) is 10.1. The van der Waals surface area contributed by atoms with Crippen LogP contribution >= 0.6 is 11.8 Å². The highest BCUT2D eigenvalue weighted by Crippen LogP contribution is 2.49. The van der Waals surface area contributed by atoms with Crippen LogP contribution in [0.4, 0.5) is 21.9 Å². The Labute approximate surface area is 192 Å². The smallest absolute Gasteiger partial charge is 0.411 e. The highest BCUT2D eigenvalue weighted by atomic mass is 35.5. The van der Waals surface area contributed by atoms with Crippen LogP contribution in [0.1, 0.15) is 13.3 Å². The Morgan fingerprint density at radius 3 is 2.61 bits per heavy atom. The normalized spacial score (nSPS) is 15.3. The molecule has 1 N–H and O–H groups in total. The summed E-state index contributed by atoms with van der Waals surface area (Å²) in [4.78, 5) is 31.2. The number of rotatable bonds is 5. The molecule has 0 spiro atoms. The number of anilines is 3. The predicted octanol–water partition coefficient (Wildman–Crippen LogP) is 1.11. The van der Waals surface area contributed by atoms with Gasteiger partial charge in [0.2, 0.25) is 5.91 Å². The van der Waals surface area contributed by atoms with Crippen molar-refractivity contribution in [2.24, 2.45) is 0 Å². The number of morpholine rings is 1. The van der Waals surface area contributed by atoms with Crippen LogP contribution in [-0.2, 0) is 14.3 Å². The van der Waals surface area contributed by atoms with E-state index in [0.29, 0.717) is 38.5 Å². The molecule has 4 rings (SSSR count). The number of carbonyl (C=O) groups excluding carboxylic acids is 2. The van der Waals surface area contributed by atoms with Gasteiger partial charge in [-0.3, -0.25) is 19.9 Å². The summed E-state index contributed by atoms with van der Waals surface area (Å²) < 4.78 is 10.4. The molecule has 2 aromatic rings. The van der Waals surface area contributed by atoms with Gasteiger partial charge in [0.1, 0.15) is 0 Å². The second kappa shape index (κ2) is 10.9. The summed E-state index contributed by atoms with van der Waals surface area (Å²) in [5.74, 6) is 0.0313. The number of para-hydroxylation sites is 1. The van der Waals surface area contributed by atoms with E-state index in [1.54, 1.807) is 23.6 Å². The number of carbonyl (C=O) groups is 2. The highest BCUT2D eigenvalue weighted by Gasteiger charge is 2.29. The fourth-order valence-corrected chi connectivity index (χ4v) is 4.61. The van der Waals surface area contributed by atoms with Gasteiger partial charge in [-0.25, -0.2) is 4.79 Å². The molecule has 31 heavy (non-hydrogen) atoms. The molecule has 1 fully saturated rings. The van der Waals surface area contributed by atoms with Crippen LogP contribution in [0.25, 0.3) is 0 Å². The van der Waals surface area contributed by atoms with Gasteiger partial charge in [0.05, 0.1) is 31.2 Å². The number of nitrogens with zero attached hydrogens (tertiary/aromatic N) is 2. The molecule has 1 saturated heterocycles. The fraction of sp³-hybridized carbons (Fsp3) is 0.364. The molecule has 2 aliphatic heterocycles. The minimum Gasteiger partial charge on any atom is -1.00 e. The number of benzene rings is 2. The van der Waals surface area contributed by atoms with Gasteiger partial charge in [-0.15, -0.1) is 0 Å². The van der Waals surface area contributed by atoms with Crippen molar-refractivity contribution in [2.75, 3.05) is 49.7 Å². The topological polar surface area (TPSA) is 71.1 Å². The number of halogens is 1. The molecule has 0 aromatic heterocycles. The maximum absolute atomic E-state index is 13.3. The Bertz CT molecular complexity index is 937. The summed E-state index contributed by atoms with van der Waals surface area (Å²) in [5, 5.41) is 2.73. The van der Waals surface area contributed by atoms with Crippen molar-refractivity contribution in [3.05, 3.63) is 42.5 Å². The zero-order valence-electron chi connectivity index (χ0n) is 17.3. The average Bonchev–Trinajstić information content (AvgIpc) is 2.77. The summed E-state index contributed by atoms with van der Waals surface area (Å²) in [6, 6.07) is 13.5. The minimum absolute atomic E-state index is 0. The number of nitrogens with one attached hydrogen (secondary N) is 1.